The highest BCUT2D eigenvalue weighted by Gasteiger charge is 2.16. The summed E-state index contributed by atoms with van der Waals surface area (Å²) in [6.45, 7) is 3.94. The van der Waals surface area contributed by atoms with E-state index in [4.69, 9.17) is 27.9 Å². The van der Waals surface area contributed by atoms with E-state index < -0.39 is 0 Å². The van der Waals surface area contributed by atoms with Crippen molar-refractivity contribution in [2.45, 2.75) is 26.7 Å². The number of benzene rings is 1. The molecule has 2 aromatic rings. The predicted molar refractivity (Wildman–Crippen MR) is 82.0 cm³/mol. The van der Waals surface area contributed by atoms with Crippen LogP contribution in [0.3, 0.4) is 0 Å². The number of rotatable bonds is 4. The lowest BCUT2D eigenvalue weighted by Crippen LogP contribution is -2.05. The van der Waals surface area contributed by atoms with Crippen molar-refractivity contribution >= 4 is 23.2 Å². The summed E-state index contributed by atoms with van der Waals surface area (Å²) in [4.78, 5) is 0. The van der Waals surface area contributed by atoms with Gasteiger partial charge in [-0.15, -0.1) is 5.10 Å². The lowest BCUT2D eigenvalue weighted by Gasteiger charge is -2.11. The molecule has 1 aromatic heterocycles. The van der Waals surface area contributed by atoms with Gasteiger partial charge in [0, 0.05) is 10.0 Å². The highest BCUT2D eigenvalue weighted by Crippen LogP contribution is 2.30. The molecule has 0 bridgehead atoms. The lowest BCUT2D eigenvalue weighted by molar-refractivity contribution is 0.451. The Hall–Kier alpha value is -1.83. The van der Waals surface area contributed by atoms with Gasteiger partial charge in [-0.25, -0.2) is 0 Å². The smallest absolute Gasteiger partial charge is 0.257 e. The van der Waals surface area contributed by atoms with Crippen molar-refractivity contribution in [2.75, 3.05) is 0 Å². The minimum atomic E-state index is 0.171. The number of aryl methyl sites for hydroxylation is 1. The normalized spacial score (nSPS) is 10.2. The third-order valence-corrected chi connectivity index (χ3v) is 3.41. The molecule has 21 heavy (non-hydrogen) atoms. The topological polar surface area (TPSA) is 58.8 Å². The van der Waals surface area contributed by atoms with E-state index in [1.807, 2.05) is 13.8 Å². The number of ether oxygens (including phenoxy) is 1. The van der Waals surface area contributed by atoms with Gasteiger partial charge in [0.25, 0.3) is 5.88 Å². The minimum absolute atomic E-state index is 0.171. The second-order valence-electron chi connectivity index (χ2n) is 4.33. The molecule has 108 valence electrons. The number of halogens is 2. The molecule has 0 saturated heterocycles. The van der Waals surface area contributed by atoms with E-state index in [9.17, 15) is 5.26 Å². The zero-order chi connectivity index (χ0) is 15.4. The third kappa shape index (κ3) is 3.44. The molecule has 0 aliphatic heterocycles. The summed E-state index contributed by atoms with van der Waals surface area (Å²) in [5.74, 6) is 0.592. The van der Waals surface area contributed by atoms with Gasteiger partial charge in [-0.05, 0) is 36.6 Å². The molecule has 0 fully saturated rings. The predicted octanol–water partition coefficient (Wildman–Crippen LogP) is 4.57. The van der Waals surface area contributed by atoms with Crippen LogP contribution in [0.4, 0.5) is 0 Å². The van der Waals surface area contributed by atoms with Crippen LogP contribution in [0.2, 0.25) is 10.0 Å². The Kier molecular flexibility index (Phi) is 5.00. The highest BCUT2D eigenvalue weighted by molar-refractivity contribution is 6.34. The first-order valence-corrected chi connectivity index (χ1v) is 7.27. The van der Waals surface area contributed by atoms with Crippen LogP contribution in [0.25, 0.3) is 0 Å². The molecule has 6 heteroatoms. The first-order chi connectivity index (χ1) is 10.1. The van der Waals surface area contributed by atoms with Crippen molar-refractivity contribution in [1.82, 2.24) is 10.2 Å². The highest BCUT2D eigenvalue weighted by atomic mass is 35.5. The molecular weight excluding hydrogens is 309 g/mol. The van der Waals surface area contributed by atoms with E-state index in [2.05, 4.69) is 16.3 Å². The zero-order valence-electron chi connectivity index (χ0n) is 11.7. The standard InChI is InChI=1S/C15H13Cl2N3O/c1-3-12-13(8-18)15(20-19-14(12)4-2)21-11-6-9(16)5-10(17)7-11/h5-7H,3-4H2,1-2H3. The van der Waals surface area contributed by atoms with Crippen LogP contribution in [-0.4, -0.2) is 10.2 Å². The van der Waals surface area contributed by atoms with Gasteiger partial charge in [-0.1, -0.05) is 37.0 Å². The van der Waals surface area contributed by atoms with Crippen LogP contribution >= 0.6 is 23.2 Å². The molecule has 1 heterocycles. The number of hydrogen-bond acceptors (Lipinski definition) is 4. The average Bonchev–Trinajstić information content (AvgIpc) is 2.45. The minimum Gasteiger partial charge on any atom is -0.436 e. The van der Waals surface area contributed by atoms with E-state index in [1.54, 1.807) is 18.2 Å². The summed E-state index contributed by atoms with van der Waals surface area (Å²) >= 11 is 11.9. The Morgan fingerprint density at radius 3 is 2.29 bits per heavy atom. The van der Waals surface area contributed by atoms with Gasteiger partial charge in [0.15, 0.2) is 0 Å². The molecular formula is C15H13Cl2N3O. The van der Waals surface area contributed by atoms with Crippen molar-refractivity contribution in [3.63, 3.8) is 0 Å². The maximum atomic E-state index is 9.39. The maximum absolute atomic E-state index is 9.39. The van der Waals surface area contributed by atoms with E-state index in [0.717, 1.165) is 11.3 Å². The molecule has 2 rings (SSSR count). The summed E-state index contributed by atoms with van der Waals surface area (Å²) in [6.07, 6.45) is 1.41. The molecule has 0 unspecified atom stereocenters. The van der Waals surface area contributed by atoms with E-state index in [1.165, 1.54) is 0 Å². The van der Waals surface area contributed by atoms with Crippen molar-refractivity contribution in [3.05, 3.63) is 45.1 Å². The van der Waals surface area contributed by atoms with E-state index in [-0.39, 0.29) is 5.88 Å². The Morgan fingerprint density at radius 1 is 1.10 bits per heavy atom. The first kappa shape index (κ1) is 15.6. The van der Waals surface area contributed by atoms with Gasteiger partial charge in [-0.3, -0.25) is 0 Å². The van der Waals surface area contributed by atoms with Crippen molar-refractivity contribution in [2.24, 2.45) is 0 Å². The van der Waals surface area contributed by atoms with E-state index in [0.29, 0.717) is 34.2 Å². The largest absolute Gasteiger partial charge is 0.436 e. The summed E-state index contributed by atoms with van der Waals surface area (Å²) in [6, 6.07) is 6.96. The van der Waals surface area contributed by atoms with Gasteiger partial charge in [0.05, 0.1) is 5.69 Å². The maximum Gasteiger partial charge on any atom is 0.257 e. The second kappa shape index (κ2) is 6.75. The molecule has 0 saturated carbocycles. The lowest BCUT2D eigenvalue weighted by atomic mass is 10.0. The van der Waals surface area contributed by atoms with Gasteiger partial charge in [-0.2, -0.15) is 10.4 Å². The fraction of sp³-hybridized carbons (Fsp3) is 0.267. The second-order valence-corrected chi connectivity index (χ2v) is 5.20. The van der Waals surface area contributed by atoms with Gasteiger partial charge < -0.3 is 4.74 Å². The molecule has 0 amide bonds. The molecule has 0 spiro atoms. The molecule has 0 N–H and O–H groups in total. The van der Waals surface area contributed by atoms with Crippen LogP contribution in [0.5, 0.6) is 11.6 Å². The van der Waals surface area contributed by atoms with Crippen LogP contribution in [0, 0.1) is 11.3 Å². The fourth-order valence-electron chi connectivity index (χ4n) is 2.04. The number of hydrogen-bond donors (Lipinski definition) is 0. The van der Waals surface area contributed by atoms with Crippen LogP contribution in [-0.2, 0) is 12.8 Å². The van der Waals surface area contributed by atoms with Gasteiger partial charge >= 0.3 is 0 Å². The van der Waals surface area contributed by atoms with Crippen LogP contribution in [0.1, 0.15) is 30.7 Å². The molecule has 0 atom stereocenters. The summed E-state index contributed by atoms with van der Waals surface area (Å²) in [5, 5.41) is 18.4. The number of aromatic nitrogens is 2. The van der Waals surface area contributed by atoms with Crippen molar-refractivity contribution < 1.29 is 4.74 Å². The van der Waals surface area contributed by atoms with Crippen LogP contribution < -0.4 is 4.74 Å². The van der Waals surface area contributed by atoms with Gasteiger partial charge in [0.2, 0.25) is 0 Å². The quantitative estimate of drug-likeness (QED) is 0.827. The number of nitrogens with zero attached hydrogens (tertiary/aromatic N) is 3. The Balaban J connectivity index is 2.47. The molecule has 0 aliphatic carbocycles. The molecule has 0 aliphatic rings. The zero-order valence-corrected chi connectivity index (χ0v) is 13.2. The van der Waals surface area contributed by atoms with Crippen LogP contribution in [0.15, 0.2) is 18.2 Å². The summed E-state index contributed by atoms with van der Waals surface area (Å²) < 4.78 is 5.64. The Morgan fingerprint density at radius 2 is 1.76 bits per heavy atom. The monoisotopic (exact) mass is 321 g/mol. The average molecular weight is 322 g/mol. The Labute approximate surface area is 133 Å². The Bertz CT molecular complexity index is 691. The number of nitriles is 1. The SMILES string of the molecule is CCc1nnc(Oc2cc(Cl)cc(Cl)c2)c(C#N)c1CC. The molecule has 4 nitrogen and oxygen atoms in total. The van der Waals surface area contributed by atoms with Gasteiger partial charge in [0.1, 0.15) is 17.4 Å². The third-order valence-electron chi connectivity index (χ3n) is 2.98. The van der Waals surface area contributed by atoms with E-state index >= 15 is 0 Å². The molecule has 1 aromatic carbocycles. The van der Waals surface area contributed by atoms with Crippen molar-refractivity contribution in [3.8, 4) is 17.7 Å². The molecule has 0 radical (unpaired) electrons. The summed E-state index contributed by atoms with van der Waals surface area (Å²) in [7, 11) is 0. The van der Waals surface area contributed by atoms with Crippen molar-refractivity contribution in [1.29, 1.82) is 5.26 Å². The fourth-order valence-corrected chi connectivity index (χ4v) is 2.55. The summed E-state index contributed by atoms with van der Waals surface area (Å²) in [5.41, 5.74) is 2.07. The first-order valence-electron chi connectivity index (χ1n) is 6.51.